The molecule has 1 aromatic carbocycles. The summed E-state index contributed by atoms with van der Waals surface area (Å²) in [5.41, 5.74) is -0.207. The molecule has 0 saturated heterocycles. The van der Waals surface area contributed by atoms with Crippen LogP contribution in [-0.4, -0.2) is 11.2 Å². The van der Waals surface area contributed by atoms with E-state index in [-0.39, 0.29) is 11.9 Å². The molecule has 80 valence electrons. The Hall–Kier alpha value is -1.09. The van der Waals surface area contributed by atoms with Crippen molar-refractivity contribution in [1.29, 1.82) is 0 Å². The molecule has 0 heterocycles. The van der Waals surface area contributed by atoms with Crippen molar-refractivity contribution in [2.24, 2.45) is 0 Å². The summed E-state index contributed by atoms with van der Waals surface area (Å²) in [6, 6.07) is 4.40. The zero-order valence-corrected chi connectivity index (χ0v) is 8.37. The van der Waals surface area contributed by atoms with Crippen LogP contribution in [0, 0.1) is 5.82 Å². The molecule has 0 unspecified atom stereocenters. The van der Waals surface area contributed by atoms with Crippen molar-refractivity contribution in [2.75, 3.05) is 0 Å². The minimum Gasteiger partial charge on any atom is -0.490 e. The van der Waals surface area contributed by atoms with E-state index in [1.807, 2.05) is 0 Å². The first-order chi connectivity index (χ1) is 7.17. The maximum Gasteiger partial charge on any atom is 0.126 e. The summed E-state index contributed by atoms with van der Waals surface area (Å²) in [5, 5.41) is 9.99. The number of aliphatic hydroxyl groups is 1. The maximum absolute atomic E-state index is 13.1. The summed E-state index contributed by atoms with van der Waals surface area (Å²) in [6.07, 6.45) is 3.82. The van der Waals surface area contributed by atoms with E-state index in [1.54, 1.807) is 6.07 Å². The van der Waals surface area contributed by atoms with Crippen molar-refractivity contribution >= 4 is 0 Å². The first kappa shape index (κ1) is 9.16. The molecule has 15 heavy (non-hydrogen) atoms. The summed E-state index contributed by atoms with van der Waals surface area (Å²) < 4.78 is 18.7. The molecule has 2 fully saturated rings. The van der Waals surface area contributed by atoms with Gasteiger partial charge >= 0.3 is 0 Å². The van der Waals surface area contributed by atoms with Crippen molar-refractivity contribution in [1.82, 2.24) is 0 Å². The van der Waals surface area contributed by atoms with Gasteiger partial charge in [0, 0.05) is 5.56 Å². The topological polar surface area (TPSA) is 29.5 Å². The molecule has 0 spiro atoms. The Balaban J connectivity index is 1.96. The minimum absolute atomic E-state index is 0.275. The van der Waals surface area contributed by atoms with Gasteiger partial charge in [-0.05, 0) is 43.9 Å². The molecule has 0 radical (unpaired) electrons. The fourth-order valence-electron chi connectivity index (χ4n) is 1.72. The van der Waals surface area contributed by atoms with Gasteiger partial charge in [-0.2, -0.15) is 0 Å². The summed E-state index contributed by atoms with van der Waals surface area (Å²) in [4.78, 5) is 0. The van der Waals surface area contributed by atoms with Gasteiger partial charge in [0.25, 0.3) is 0 Å². The summed E-state index contributed by atoms with van der Waals surface area (Å²) in [6.45, 7) is 0. The maximum atomic E-state index is 13.1. The molecule has 2 nitrogen and oxygen atoms in total. The Bertz CT molecular complexity index is 395. The van der Waals surface area contributed by atoms with E-state index in [4.69, 9.17) is 4.74 Å². The summed E-state index contributed by atoms with van der Waals surface area (Å²) in [5.74, 6) is 0.340. The van der Waals surface area contributed by atoms with Gasteiger partial charge in [-0.3, -0.25) is 0 Å². The van der Waals surface area contributed by atoms with Gasteiger partial charge in [0.15, 0.2) is 0 Å². The Morgan fingerprint density at radius 1 is 1.33 bits per heavy atom. The predicted molar refractivity (Wildman–Crippen MR) is 53.2 cm³/mol. The Labute approximate surface area is 87.7 Å². The van der Waals surface area contributed by atoms with Gasteiger partial charge in [-0.25, -0.2) is 4.39 Å². The third-order valence-electron chi connectivity index (χ3n) is 2.98. The summed E-state index contributed by atoms with van der Waals surface area (Å²) in [7, 11) is 0. The first-order valence-electron chi connectivity index (χ1n) is 5.36. The Morgan fingerprint density at radius 3 is 2.67 bits per heavy atom. The molecular formula is C12H13FO2. The van der Waals surface area contributed by atoms with Gasteiger partial charge in [-0.15, -0.1) is 0 Å². The monoisotopic (exact) mass is 208 g/mol. The molecule has 2 aliphatic rings. The average Bonchev–Trinajstić information content (AvgIpc) is 3.08. The van der Waals surface area contributed by atoms with Crippen LogP contribution in [0.3, 0.4) is 0 Å². The lowest BCUT2D eigenvalue weighted by Gasteiger charge is -2.14. The largest absolute Gasteiger partial charge is 0.490 e. The highest BCUT2D eigenvalue weighted by molar-refractivity contribution is 5.41. The second kappa shape index (κ2) is 2.95. The highest BCUT2D eigenvalue weighted by atomic mass is 19.1. The van der Waals surface area contributed by atoms with Gasteiger partial charge in [0.1, 0.15) is 11.6 Å². The van der Waals surface area contributed by atoms with Crippen molar-refractivity contribution in [2.45, 2.75) is 37.4 Å². The molecule has 3 rings (SSSR count). The van der Waals surface area contributed by atoms with Crippen LogP contribution in [0.2, 0.25) is 0 Å². The second-order valence-corrected chi connectivity index (χ2v) is 4.49. The van der Waals surface area contributed by atoms with Gasteiger partial charge < -0.3 is 9.84 Å². The standard InChI is InChI=1S/C12H13FO2/c13-8-1-4-11(15-9-2-3-9)10(7-8)12(14)5-6-12/h1,4,7,9,14H,2-3,5-6H2. The Kier molecular flexibility index (Phi) is 1.80. The average molecular weight is 208 g/mol. The van der Waals surface area contributed by atoms with Crippen LogP contribution >= 0.6 is 0 Å². The van der Waals surface area contributed by atoms with Crippen LogP contribution in [0.15, 0.2) is 18.2 Å². The lowest BCUT2D eigenvalue weighted by Crippen LogP contribution is -2.09. The van der Waals surface area contributed by atoms with Crippen molar-refractivity contribution in [3.63, 3.8) is 0 Å². The van der Waals surface area contributed by atoms with E-state index >= 15 is 0 Å². The van der Waals surface area contributed by atoms with E-state index in [9.17, 15) is 9.50 Å². The molecule has 1 N–H and O–H groups in total. The zero-order valence-electron chi connectivity index (χ0n) is 8.37. The van der Waals surface area contributed by atoms with Gasteiger partial charge in [0.2, 0.25) is 0 Å². The lowest BCUT2D eigenvalue weighted by molar-refractivity contribution is 0.144. The number of benzene rings is 1. The fraction of sp³-hybridized carbons (Fsp3) is 0.500. The van der Waals surface area contributed by atoms with E-state index < -0.39 is 5.60 Å². The highest BCUT2D eigenvalue weighted by Crippen LogP contribution is 2.49. The highest BCUT2D eigenvalue weighted by Gasteiger charge is 2.45. The predicted octanol–water partition coefficient (Wildman–Crippen LogP) is 2.35. The third-order valence-corrected chi connectivity index (χ3v) is 2.98. The fourth-order valence-corrected chi connectivity index (χ4v) is 1.72. The summed E-state index contributed by atoms with van der Waals surface area (Å²) >= 11 is 0. The Morgan fingerprint density at radius 2 is 2.07 bits per heavy atom. The number of hydrogen-bond donors (Lipinski definition) is 1. The van der Waals surface area contributed by atoms with Crippen molar-refractivity contribution in [3.05, 3.63) is 29.6 Å². The molecule has 3 heteroatoms. The lowest BCUT2D eigenvalue weighted by atomic mass is 10.1. The molecule has 0 bridgehead atoms. The third kappa shape index (κ3) is 1.72. The second-order valence-electron chi connectivity index (χ2n) is 4.49. The van der Waals surface area contributed by atoms with Crippen LogP contribution < -0.4 is 4.74 Å². The van der Waals surface area contributed by atoms with E-state index in [0.717, 1.165) is 12.8 Å². The molecule has 0 atom stereocenters. The number of halogens is 1. The van der Waals surface area contributed by atoms with Crippen LogP contribution in [0.5, 0.6) is 5.75 Å². The van der Waals surface area contributed by atoms with Gasteiger partial charge in [-0.1, -0.05) is 0 Å². The molecule has 0 aliphatic heterocycles. The minimum atomic E-state index is -0.827. The molecule has 0 aromatic heterocycles. The number of rotatable bonds is 3. The normalized spacial score (nSPS) is 22.5. The van der Waals surface area contributed by atoms with Crippen molar-refractivity contribution < 1.29 is 14.2 Å². The van der Waals surface area contributed by atoms with Crippen molar-refractivity contribution in [3.8, 4) is 5.75 Å². The molecule has 2 saturated carbocycles. The molecule has 2 aliphatic carbocycles. The number of hydrogen-bond acceptors (Lipinski definition) is 2. The first-order valence-corrected chi connectivity index (χ1v) is 5.36. The zero-order chi connectivity index (χ0) is 10.5. The number of ether oxygens (including phenoxy) is 1. The van der Waals surface area contributed by atoms with E-state index in [1.165, 1.54) is 12.1 Å². The molecule has 0 amide bonds. The smallest absolute Gasteiger partial charge is 0.126 e. The SMILES string of the molecule is OC1(c2cc(F)ccc2OC2CC2)CC1. The van der Waals surface area contributed by atoms with E-state index in [0.29, 0.717) is 24.2 Å². The van der Waals surface area contributed by atoms with E-state index in [2.05, 4.69) is 0 Å². The molecular weight excluding hydrogens is 195 g/mol. The quantitative estimate of drug-likeness (QED) is 0.826. The van der Waals surface area contributed by atoms with Crippen LogP contribution in [-0.2, 0) is 5.60 Å². The molecule has 1 aromatic rings. The van der Waals surface area contributed by atoms with Gasteiger partial charge in [0.05, 0.1) is 11.7 Å². The van der Waals surface area contributed by atoms with Crippen LogP contribution in [0.4, 0.5) is 4.39 Å². The van der Waals surface area contributed by atoms with Crippen LogP contribution in [0.25, 0.3) is 0 Å². The van der Waals surface area contributed by atoms with Crippen LogP contribution in [0.1, 0.15) is 31.2 Å².